The molecule has 4 heteroatoms. The van der Waals surface area contributed by atoms with Crippen LogP contribution in [0.25, 0.3) is 0 Å². The summed E-state index contributed by atoms with van der Waals surface area (Å²) in [6, 6.07) is 32.3. The number of fused-ring (bicyclic) bond motifs is 5. The molecule has 2 aliphatic heterocycles. The molecule has 0 spiro atoms. The smallest absolute Gasteiger partial charge is 0.317 e. The van der Waals surface area contributed by atoms with Crippen molar-refractivity contribution in [3.63, 3.8) is 0 Å². The second-order valence-electron chi connectivity index (χ2n) is 12.6. The second-order valence-corrected chi connectivity index (χ2v) is 12.6. The number of amides is 2. The van der Waals surface area contributed by atoms with E-state index in [9.17, 15) is 4.79 Å². The summed E-state index contributed by atoms with van der Waals surface area (Å²) in [5.74, 6) is 1.08. The molecule has 0 radical (unpaired) electrons. The zero-order valence-electron chi connectivity index (χ0n) is 24.8. The van der Waals surface area contributed by atoms with Crippen LogP contribution in [0.15, 0.2) is 84.9 Å². The van der Waals surface area contributed by atoms with Gasteiger partial charge in [0.1, 0.15) is 0 Å². The first kappa shape index (κ1) is 28.0. The molecule has 6 rings (SSSR count). The van der Waals surface area contributed by atoms with Crippen molar-refractivity contribution in [2.24, 2.45) is 5.92 Å². The van der Waals surface area contributed by atoms with Crippen LogP contribution < -0.4 is 5.32 Å². The quantitative estimate of drug-likeness (QED) is 0.260. The third-order valence-electron chi connectivity index (χ3n) is 10.1. The summed E-state index contributed by atoms with van der Waals surface area (Å²) in [5.41, 5.74) is 5.82. The van der Waals surface area contributed by atoms with Crippen LogP contribution >= 0.6 is 0 Å². The lowest BCUT2D eigenvalue weighted by Gasteiger charge is -2.33. The second kappa shape index (κ2) is 13.2. The van der Waals surface area contributed by atoms with E-state index in [1.807, 2.05) is 0 Å². The van der Waals surface area contributed by atoms with E-state index in [0.717, 1.165) is 44.7 Å². The Morgan fingerprint density at radius 3 is 1.90 bits per heavy atom. The van der Waals surface area contributed by atoms with Gasteiger partial charge >= 0.3 is 6.03 Å². The number of carbonyl (C=O) groups excluding carboxylic acids is 1. The third kappa shape index (κ3) is 6.38. The molecule has 1 saturated carbocycles. The molecule has 2 bridgehead atoms. The van der Waals surface area contributed by atoms with Crippen LogP contribution in [0.2, 0.25) is 0 Å². The van der Waals surface area contributed by atoms with E-state index in [0.29, 0.717) is 24.0 Å². The van der Waals surface area contributed by atoms with Gasteiger partial charge in [-0.3, -0.25) is 4.90 Å². The Morgan fingerprint density at radius 1 is 0.780 bits per heavy atom. The van der Waals surface area contributed by atoms with Crippen LogP contribution in [-0.4, -0.2) is 41.5 Å². The third-order valence-corrected chi connectivity index (χ3v) is 10.1. The van der Waals surface area contributed by atoms with E-state index in [2.05, 4.69) is 107 Å². The van der Waals surface area contributed by atoms with Gasteiger partial charge in [0.25, 0.3) is 0 Å². The van der Waals surface area contributed by atoms with Crippen molar-refractivity contribution in [3.05, 3.63) is 107 Å². The van der Waals surface area contributed by atoms with Gasteiger partial charge in [-0.05, 0) is 92.5 Å². The number of hydrogen-bond acceptors (Lipinski definition) is 2. The lowest BCUT2D eigenvalue weighted by atomic mass is 9.84. The van der Waals surface area contributed by atoms with Gasteiger partial charge < -0.3 is 10.2 Å². The van der Waals surface area contributed by atoms with Gasteiger partial charge in [-0.15, -0.1) is 0 Å². The Kier molecular flexibility index (Phi) is 9.06. The number of hydrogen-bond donors (Lipinski definition) is 1. The molecule has 2 amide bonds. The number of urea groups is 1. The van der Waals surface area contributed by atoms with Gasteiger partial charge in [0.2, 0.25) is 0 Å². The number of nitrogens with zero attached hydrogens (tertiary/aromatic N) is 2. The van der Waals surface area contributed by atoms with Crippen LogP contribution in [0.1, 0.15) is 105 Å². The van der Waals surface area contributed by atoms with Crippen LogP contribution in [0.4, 0.5) is 4.79 Å². The predicted octanol–water partition coefficient (Wildman–Crippen LogP) is 8.47. The lowest BCUT2D eigenvalue weighted by Crippen LogP contribution is -2.47. The van der Waals surface area contributed by atoms with Gasteiger partial charge in [0.15, 0.2) is 0 Å². The fourth-order valence-electron chi connectivity index (χ4n) is 7.92. The summed E-state index contributed by atoms with van der Waals surface area (Å²) in [5, 5.41) is 3.44. The highest BCUT2D eigenvalue weighted by Crippen LogP contribution is 2.53. The van der Waals surface area contributed by atoms with Crippen molar-refractivity contribution >= 4 is 6.03 Å². The Hall–Kier alpha value is -3.11. The van der Waals surface area contributed by atoms with E-state index in [4.69, 9.17) is 0 Å². The van der Waals surface area contributed by atoms with Crippen molar-refractivity contribution < 1.29 is 4.79 Å². The summed E-state index contributed by atoms with van der Waals surface area (Å²) in [7, 11) is 0. The molecule has 3 aliphatic rings. The van der Waals surface area contributed by atoms with E-state index in [1.54, 1.807) is 11.1 Å². The minimum atomic E-state index is 0.126. The molecular formula is C37H47N3O. The Labute approximate surface area is 247 Å². The van der Waals surface area contributed by atoms with Crippen molar-refractivity contribution in [2.75, 3.05) is 19.6 Å². The van der Waals surface area contributed by atoms with Gasteiger partial charge in [-0.1, -0.05) is 91.9 Å². The largest absolute Gasteiger partial charge is 0.335 e. The summed E-state index contributed by atoms with van der Waals surface area (Å²) in [4.78, 5) is 18.3. The minimum Gasteiger partial charge on any atom is -0.335 e. The van der Waals surface area contributed by atoms with E-state index in [1.165, 1.54) is 49.8 Å². The SMILES string of the molecule is CCCN(CCC(c1ccccc1)c1ccccc1)C(=O)NC1CCC(CCN2C3CCC2c2ccccc23)CC1. The molecule has 2 atom stereocenters. The highest BCUT2D eigenvalue weighted by molar-refractivity contribution is 5.74. The van der Waals surface area contributed by atoms with Crippen LogP contribution in [0, 0.1) is 5.92 Å². The molecule has 0 aromatic heterocycles. The molecule has 41 heavy (non-hydrogen) atoms. The number of nitrogens with one attached hydrogen (secondary N) is 1. The van der Waals surface area contributed by atoms with Crippen molar-refractivity contribution in [1.29, 1.82) is 0 Å². The first-order valence-corrected chi connectivity index (χ1v) is 16.2. The van der Waals surface area contributed by atoms with E-state index >= 15 is 0 Å². The van der Waals surface area contributed by atoms with Gasteiger partial charge in [-0.2, -0.15) is 0 Å². The standard InChI is InChI=1S/C37H47N3O/c1-2-25-39(26-24-32(29-11-5-3-6-12-29)30-13-7-4-8-14-30)37(41)38-31-19-17-28(18-20-31)23-27-40-35-21-22-36(40)34-16-10-9-15-33(34)35/h3-16,28,31-32,35-36H,2,17-27H2,1H3,(H,38,41). The first-order chi connectivity index (χ1) is 20.2. The Bertz CT molecular complexity index is 1180. The normalized spacial score (nSPS) is 23.5. The molecule has 2 fully saturated rings. The van der Waals surface area contributed by atoms with Gasteiger partial charge in [0.05, 0.1) is 0 Å². The lowest BCUT2D eigenvalue weighted by molar-refractivity contribution is 0.174. The highest BCUT2D eigenvalue weighted by Gasteiger charge is 2.43. The molecule has 4 nitrogen and oxygen atoms in total. The molecule has 1 saturated heterocycles. The van der Waals surface area contributed by atoms with Crippen LogP contribution in [0.3, 0.4) is 0 Å². The maximum Gasteiger partial charge on any atom is 0.317 e. The van der Waals surface area contributed by atoms with Crippen LogP contribution in [0.5, 0.6) is 0 Å². The van der Waals surface area contributed by atoms with E-state index < -0.39 is 0 Å². The first-order valence-electron chi connectivity index (χ1n) is 16.2. The summed E-state index contributed by atoms with van der Waals surface area (Å²) in [6.07, 6.45) is 10.5. The molecular weight excluding hydrogens is 502 g/mol. The topological polar surface area (TPSA) is 35.6 Å². The molecule has 3 aromatic carbocycles. The van der Waals surface area contributed by atoms with Crippen molar-refractivity contribution in [1.82, 2.24) is 15.1 Å². The van der Waals surface area contributed by atoms with Gasteiger partial charge in [0, 0.05) is 37.1 Å². The van der Waals surface area contributed by atoms with E-state index in [-0.39, 0.29) is 6.03 Å². The summed E-state index contributed by atoms with van der Waals surface area (Å²) < 4.78 is 0. The molecule has 3 aromatic rings. The summed E-state index contributed by atoms with van der Waals surface area (Å²) >= 11 is 0. The van der Waals surface area contributed by atoms with Crippen molar-refractivity contribution in [3.8, 4) is 0 Å². The maximum absolute atomic E-state index is 13.5. The zero-order valence-corrected chi connectivity index (χ0v) is 24.8. The Morgan fingerprint density at radius 2 is 1.34 bits per heavy atom. The minimum absolute atomic E-state index is 0.126. The molecule has 2 heterocycles. The monoisotopic (exact) mass is 549 g/mol. The number of benzene rings is 3. The van der Waals surface area contributed by atoms with Crippen molar-refractivity contribution in [2.45, 2.75) is 88.8 Å². The number of rotatable bonds is 11. The zero-order chi connectivity index (χ0) is 28.0. The molecule has 2 unspecified atom stereocenters. The average molecular weight is 550 g/mol. The molecule has 1 aliphatic carbocycles. The molecule has 216 valence electrons. The van der Waals surface area contributed by atoms with Gasteiger partial charge in [-0.25, -0.2) is 4.79 Å². The van der Waals surface area contributed by atoms with Crippen LogP contribution in [-0.2, 0) is 0 Å². The average Bonchev–Trinajstić information content (AvgIpc) is 3.57. The fraction of sp³-hybridized carbons (Fsp3) is 0.486. The maximum atomic E-state index is 13.5. The molecule has 1 N–H and O–H groups in total. The summed E-state index contributed by atoms with van der Waals surface area (Å²) in [6.45, 7) is 4.96. The predicted molar refractivity (Wildman–Crippen MR) is 168 cm³/mol. The fourth-order valence-corrected chi connectivity index (χ4v) is 7.92. The highest BCUT2D eigenvalue weighted by atomic mass is 16.2. The number of carbonyl (C=O) groups is 1. The Balaban J connectivity index is 0.983.